The van der Waals surface area contributed by atoms with Gasteiger partial charge in [-0.15, -0.1) is 0 Å². The summed E-state index contributed by atoms with van der Waals surface area (Å²) in [5, 5.41) is 8.28. The Bertz CT molecular complexity index is 1830. The van der Waals surface area contributed by atoms with E-state index in [4.69, 9.17) is 14.5 Å². The number of aromatic nitrogens is 7. The van der Waals surface area contributed by atoms with Gasteiger partial charge in [-0.2, -0.15) is 28.4 Å². The van der Waals surface area contributed by atoms with Crippen molar-refractivity contribution >= 4 is 16.6 Å². The van der Waals surface area contributed by atoms with Gasteiger partial charge in [0.1, 0.15) is 23.6 Å². The van der Waals surface area contributed by atoms with E-state index in [-0.39, 0.29) is 28.7 Å². The summed E-state index contributed by atoms with van der Waals surface area (Å²) in [6.07, 6.45) is 0.547. The molecule has 0 spiro atoms. The van der Waals surface area contributed by atoms with Crippen molar-refractivity contribution in [2.45, 2.75) is 83.7 Å². The highest BCUT2D eigenvalue weighted by Gasteiger charge is 2.42. The molecule has 0 saturated heterocycles. The van der Waals surface area contributed by atoms with E-state index in [0.29, 0.717) is 34.8 Å². The zero-order valence-corrected chi connectivity index (χ0v) is 24.6. The number of hydrogen-bond donors (Lipinski definition) is 0. The van der Waals surface area contributed by atoms with Crippen LogP contribution in [0.5, 0.6) is 11.9 Å². The van der Waals surface area contributed by atoms with Crippen LogP contribution in [0, 0.1) is 5.82 Å². The monoisotopic (exact) mass is 597 g/mol. The van der Waals surface area contributed by atoms with Gasteiger partial charge in [0.15, 0.2) is 5.65 Å². The maximum Gasteiger partial charge on any atom is 0.408 e. The molecule has 1 aliphatic carbocycles. The van der Waals surface area contributed by atoms with E-state index < -0.39 is 29.7 Å². The molecule has 4 aromatic heterocycles. The molecule has 1 aliphatic rings. The molecule has 43 heavy (non-hydrogen) atoms. The second kappa shape index (κ2) is 9.88. The van der Waals surface area contributed by atoms with E-state index in [1.54, 1.807) is 29.0 Å². The van der Waals surface area contributed by atoms with Crippen LogP contribution in [0.25, 0.3) is 27.8 Å². The van der Waals surface area contributed by atoms with Gasteiger partial charge in [0.2, 0.25) is 5.88 Å². The number of nitrogens with zero attached hydrogens (tertiary/aromatic N) is 7. The Balaban J connectivity index is 1.39. The first-order valence-corrected chi connectivity index (χ1v) is 13.9. The second-order valence-corrected chi connectivity index (χ2v) is 12.8. The Kier molecular flexibility index (Phi) is 6.62. The summed E-state index contributed by atoms with van der Waals surface area (Å²) in [4.78, 5) is 13.8. The Labute approximate surface area is 244 Å². The molecule has 0 aliphatic heterocycles. The van der Waals surface area contributed by atoms with Crippen molar-refractivity contribution in [1.29, 1.82) is 0 Å². The van der Waals surface area contributed by atoms with Crippen molar-refractivity contribution in [3.8, 4) is 23.1 Å². The van der Waals surface area contributed by atoms with E-state index >= 15 is 4.39 Å². The van der Waals surface area contributed by atoms with Gasteiger partial charge in [-0.1, -0.05) is 0 Å². The Morgan fingerprint density at radius 1 is 0.907 bits per heavy atom. The molecule has 6 rings (SSSR count). The second-order valence-electron chi connectivity index (χ2n) is 12.8. The highest BCUT2D eigenvalue weighted by Crippen LogP contribution is 2.55. The average Bonchev–Trinajstić information content (AvgIpc) is 3.34. The molecule has 1 saturated carbocycles. The van der Waals surface area contributed by atoms with E-state index in [0.717, 1.165) is 16.6 Å². The van der Waals surface area contributed by atoms with Crippen LogP contribution in [0.3, 0.4) is 0 Å². The average molecular weight is 598 g/mol. The SMILES string of the molecule is CC(C)(C)Oc1ncc(-c2cc([C@@H]3C[C@@H]3c3cc(F)c4cnn(CC(F)(F)F)c4c3)n3nccc3n2)c(OC(C)(C)C)n1. The van der Waals surface area contributed by atoms with Gasteiger partial charge >= 0.3 is 12.2 Å². The van der Waals surface area contributed by atoms with Crippen LogP contribution in [-0.2, 0) is 6.54 Å². The largest absolute Gasteiger partial charge is 0.471 e. The van der Waals surface area contributed by atoms with Gasteiger partial charge in [-0.3, -0.25) is 4.68 Å². The molecule has 5 aromatic rings. The summed E-state index contributed by atoms with van der Waals surface area (Å²) in [7, 11) is 0. The van der Waals surface area contributed by atoms with Crippen molar-refractivity contribution in [2.75, 3.05) is 0 Å². The molecule has 2 atom stereocenters. The first-order chi connectivity index (χ1) is 20.0. The molecule has 4 heterocycles. The van der Waals surface area contributed by atoms with Gasteiger partial charge in [-0.25, -0.2) is 18.9 Å². The molecule has 0 bridgehead atoms. The number of alkyl halides is 3. The van der Waals surface area contributed by atoms with Gasteiger partial charge in [-0.05, 0) is 77.6 Å². The maximum absolute atomic E-state index is 15.0. The molecule has 0 unspecified atom stereocenters. The summed E-state index contributed by atoms with van der Waals surface area (Å²) < 4.78 is 69.0. The van der Waals surface area contributed by atoms with Crippen molar-refractivity contribution in [1.82, 2.24) is 34.3 Å². The Hall–Kier alpha value is -4.29. The maximum atomic E-state index is 15.0. The summed E-state index contributed by atoms with van der Waals surface area (Å²) >= 11 is 0. The number of halogens is 4. The predicted octanol–water partition coefficient (Wildman–Crippen LogP) is 6.86. The lowest BCUT2D eigenvalue weighted by Crippen LogP contribution is -2.26. The number of rotatable bonds is 6. The van der Waals surface area contributed by atoms with Crippen LogP contribution in [-0.4, -0.2) is 51.7 Å². The quantitative estimate of drug-likeness (QED) is 0.197. The highest BCUT2D eigenvalue weighted by molar-refractivity contribution is 5.80. The van der Waals surface area contributed by atoms with Gasteiger partial charge in [0.25, 0.3) is 0 Å². The normalized spacial score (nSPS) is 17.5. The predicted molar refractivity (Wildman–Crippen MR) is 151 cm³/mol. The van der Waals surface area contributed by atoms with E-state index in [9.17, 15) is 13.2 Å². The summed E-state index contributed by atoms with van der Waals surface area (Å²) in [5.41, 5.74) is 2.13. The third-order valence-corrected chi connectivity index (χ3v) is 6.86. The van der Waals surface area contributed by atoms with Crippen LogP contribution in [0.4, 0.5) is 17.6 Å². The van der Waals surface area contributed by atoms with Crippen molar-refractivity contribution in [3.05, 3.63) is 59.9 Å². The number of ether oxygens (including phenoxy) is 2. The van der Waals surface area contributed by atoms with E-state index in [2.05, 4.69) is 20.2 Å². The summed E-state index contributed by atoms with van der Waals surface area (Å²) in [6, 6.07) is 6.80. The zero-order chi connectivity index (χ0) is 30.9. The summed E-state index contributed by atoms with van der Waals surface area (Å²) in [5.74, 6) is -0.525. The van der Waals surface area contributed by atoms with Crippen LogP contribution in [0.15, 0.2) is 42.9 Å². The van der Waals surface area contributed by atoms with Crippen molar-refractivity contribution < 1.29 is 27.0 Å². The fourth-order valence-electron chi connectivity index (χ4n) is 5.11. The van der Waals surface area contributed by atoms with E-state index in [1.807, 2.05) is 47.6 Å². The zero-order valence-electron chi connectivity index (χ0n) is 24.6. The molecule has 9 nitrogen and oxygen atoms in total. The lowest BCUT2D eigenvalue weighted by Gasteiger charge is -2.24. The molecule has 0 amide bonds. The lowest BCUT2D eigenvalue weighted by molar-refractivity contribution is -0.141. The minimum atomic E-state index is -4.48. The first-order valence-electron chi connectivity index (χ1n) is 13.9. The van der Waals surface area contributed by atoms with Crippen LogP contribution >= 0.6 is 0 Å². The lowest BCUT2D eigenvalue weighted by atomic mass is 10.0. The standard InChI is InChI=1S/C30H31F4N7O2/c1-28(2,3)42-26-20(13-35-27(39-26)43-29(4,5)6)22-12-24(41-25(38-22)7-8-36-41)18-11-17(18)16-9-21(31)19-14-37-40(23(19)10-16)15-30(32,33)34/h7-10,12-14,17-18H,11,15H2,1-6H3/t17-,18-/m1/s1. The molecule has 1 aromatic carbocycles. The molecule has 226 valence electrons. The minimum Gasteiger partial charge on any atom is -0.471 e. The minimum absolute atomic E-state index is 0.0520. The number of fused-ring (bicyclic) bond motifs is 2. The molecular formula is C30H31F4N7O2. The third-order valence-electron chi connectivity index (χ3n) is 6.86. The van der Waals surface area contributed by atoms with E-state index in [1.165, 1.54) is 6.07 Å². The summed E-state index contributed by atoms with van der Waals surface area (Å²) in [6.45, 7) is 10.1. The first kappa shape index (κ1) is 28.8. The van der Waals surface area contributed by atoms with Crippen LogP contribution in [0.2, 0.25) is 0 Å². The van der Waals surface area contributed by atoms with Crippen molar-refractivity contribution in [2.24, 2.45) is 0 Å². The Morgan fingerprint density at radius 3 is 2.35 bits per heavy atom. The smallest absolute Gasteiger partial charge is 0.408 e. The molecule has 1 fully saturated rings. The number of benzene rings is 1. The highest BCUT2D eigenvalue weighted by atomic mass is 19.4. The van der Waals surface area contributed by atoms with Gasteiger partial charge in [0, 0.05) is 18.2 Å². The van der Waals surface area contributed by atoms with Crippen molar-refractivity contribution in [3.63, 3.8) is 0 Å². The molecular weight excluding hydrogens is 566 g/mol. The topological polar surface area (TPSA) is 92.3 Å². The van der Waals surface area contributed by atoms with Gasteiger partial charge < -0.3 is 9.47 Å². The third kappa shape index (κ3) is 6.11. The van der Waals surface area contributed by atoms with Gasteiger partial charge in [0.05, 0.1) is 40.2 Å². The Morgan fingerprint density at radius 2 is 1.65 bits per heavy atom. The van der Waals surface area contributed by atoms with Crippen LogP contribution in [0.1, 0.15) is 71.1 Å². The van der Waals surface area contributed by atoms with Crippen LogP contribution < -0.4 is 9.47 Å². The molecule has 0 N–H and O–H groups in total. The number of hydrogen-bond acceptors (Lipinski definition) is 7. The fraction of sp³-hybridized carbons (Fsp3) is 0.433. The molecule has 13 heteroatoms. The molecule has 0 radical (unpaired) electrons. The fourth-order valence-corrected chi connectivity index (χ4v) is 5.11.